The third kappa shape index (κ3) is 3.93. The van der Waals surface area contributed by atoms with Crippen LogP contribution in [0.25, 0.3) is 11.3 Å². The first-order chi connectivity index (χ1) is 14.5. The van der Waals surface area contributed by atoms with E-state index in [4.69, 9.17) is 9.47 Å². The second-order valence-corrected chi connectivity index (χ2v) is 8.16. The molecule has 4 rings (SSSR count). The van der Waals surface area contributed by atoms with Crippen molar-refractivity contribution in [2.75, 3.05) is 25.2 Å². The maximum atomic E-state index is 12.8. The van der Waals surface area contributed by atoms with Crippen LogP contribution >= 0.6 is 11.3 Å². The average Bonchev–Trinajstić information content (AvgIpc) is 3.37. The SMILES string of the molecule is COc1cc(C(C)=O)ccc1OCC(=O)N1CCc2cc(-c3csc(C)n3)ccc21. The second-order valence-electron chi connectivity index (χ2n) is 7.10. The number of hydrogen-bond donors (Lipinski definition) is 0. The number of methoxy groups -OCH3 is 1. The van der Waals surface area contributed by atoms with Gasteiger partial charge in [-0.25, -0.2) is 4.98 Å². The normalized spacial score (nSPS) is 12.6. The van der Waals surface area contributed by atoms with E-state index in [-0.39, 0.29) is 18.3 Å². The molecule has 0 unspecified atom stereocenters. The summed E-state index contributed by atoms with van der Waals surface area (Å²) in [5.74, 6) is 0.686. The van der Waals surface area contributed by atoms with Crippen LogP contribution in [0.1, 0.15) is 27.9 Å². The van der Waals surface area contributed by atoms with E-state index in [1.165, 1.54) is 14.0 Å². The van der Waals surface area contributed by atoms with Crippen molar-refractivity contribution in [1.29, 1.82) is 0 Å². The summed E-state index contributed by atoms with van der Waals surface area (Å²) in [7, 11) is 1.51. The number of carbonyl (C=O) groups excluding carboxylic acids is 2. The lowest BCUT2D eigenvalue weighted by Crippen LogP contribution is -2.33. The van der Waals surface area contributed by atoms with Gasteiger partial charge in [0.25, 0.3) is 5.91 Å². The number of Topliss-reactive ketones (excluding diaryl/α,β-unsaturated/α-hetero) is 1. The molecule has 0 atom stereocenters. The highest BCUT2D eigenvalue weighted by Crippen LogP contribution is 2.33. The van der Waals surface area contributed by atoms with Gasteiger partial charge in [-0.2, -0.15) is 0 Å². The van der Waals surface area contributed by atoms with Crippen LogP contribution in [0, 0.1) is 6.92 Å². The van der Waals surface area contributed by atoms with Gasteiger partial charge >= 0.3 is 0 Å². The first-order valence-corrected chi connectivity index (χ1v) is 10.5. The fraction of sp³-hybridized carbons (Fsp3) is 0.261. The Labute approximate surface area is 179 Å². The summed E-state index contributed by atoms with van der Waals surface area (Å²) in [4.78, 5) is 30.6. The number of amides is 1. The van der Waals surface area contributed by atoms with Gasteiger partial charge in [-0.1, -0.05) is 6.07 Å². The maximum Gasteiger partial charge on any atom is 0.264 e. The molecule has 0 N–H and O–H groups in total. The molecule has 0 spiro atoms. The Bertz CT molecular complexity index is 1120. The van der Waals surface area contributed by atoms with Crippen molar-refractivity contribution >= 4 is 28.7 Å². The van der Waals surface area contributed by atoms with E-state index >= 15 is 0 Å². The van der Waals surface area contributed by atoms with E-state index in [1.54, 1.807) is 34.4 Å². The lowest BCUT2D eigenvalue weighted by molar-refractivity contribution is -0.120. The van der Waals surface area contributed by atoms with Gasteiger partial charge in [-0.3, -0.25) is 9.59 Å². The van der Waals surface area contributed by atoms with E-state index in [1.807, 2.05) is 24.4 Å². The number of carbonyl (C=O) groups is 2. The van der Waals surface area contributed by atoms with Gasteiger partial charge in [0.05, 0.1) is 17.8 Å². The summed E-state index contributed by atoms with van der Waals surface area (Å²) in [6, 6.07) is 11.0. The first kappa shape index (κ1) is 20.1. The molecule has 1 aliphatic rings. The van der Waals surface area contributed by atoms with Crippen LogP contribution in [-0.2, 0) is 11.2 Å². The Hall–Kier alpha value is -3.19. The zero-order chi connectivity index (χ0) is 21.3. The molecular formula is C23H22N2O4S. The van der Waals surface area contributed by atoms with Gasteiger partial charge in [0.1, 0.15) is 0 Å². The van der Waals surface area contributed by atoms with E-state index in [0.29, 0.717) is 23.6 Å². The standard InChI is InChI=1S/C23H22N2O4S/c1-14(26)16-5-7-21(22(11-16)28-3)29-12-23(27)25-9-8-18-10-17(4-6-20(18)25)19-13-30-15(2)24-19/h4-7,10-11,13H,8-9,12H2,1-3H3. The van der Waals surface area contributed by atoms with Crippen LogP contribution in [0.5, 0.6) is 11.5 Å². The van der Waals surface area contributed by atoms with Gasteiger partial charge < -0.3 is 14.4 Å². The Morgan fingerprint density at radius 2 is 2.00 bits per heavy atom. The summed E-state index contributed by atoms with van der Waals surface area (Å²) < 4.78 is 11.0. The number of rotatable bonds is 6. The third-order valence-corrected chi connectivity index (χ3v) is 5.89. The number of hydrogen-bond acceptors (Lipinski definition) is 6. The van der Waals surface area contributed by atoms with Crippen LogP contribution in [0.2, 0.25) is 0 Å². The highest BCUT2D eigenvalue weighted by atomic mass is 32.1. The maximum absolute atomic E-state index is 12.8. The van der Waals surface area contributed by atoms with Crippen LogP contribution < -0.4 is 14.4 Å². The molecule has 1 amide bonds. The van der Waals surface area contributed by atoms with Crippen LogP contribution in [-0.4, -0.2) is 36.9 Å². The zero-order valence-corrected chi connectivity index (χ0v) is 17.9. The number of ether oxygens (including phenoxy) is 2. The summed E-state index contributed by atoms with van der Waals surface area (Å²) in [6.07, 6.45) is 0.800. The Balaban J connectivity index is 1.47. The summed E-state index contributed by atoms with van der Waals surface area (Å²) in [5, 5.41) is 3.08. The molecule has 30 heavy (non-hydrogen) atoms. The van der Waals surface area contributed by atoms with E-state index in [0.717, 1.165) is 33.9 Å². The summed E-state index contributed by atoms with van der Waals surface area (Å²) in [6.45, 7) is 4.00. The molecule has 1 aliphatic heterocycles. The third-order valence-electron chi connectivity index (χ3n) is 5.11. The second kappa shape index (κ2) is 8.28. The fourth-order valence-corrected chi connectivity index (χ4v) is 4.16. The molecule has 1 aromatic heterocycles. The molecule has 0 radical (unpaired) electrons. The molecule has 0 fully saturated rings. The fourth-order valence-electron chi connectivity index (χ4n) is 3.54. The van der Waals surface area contributed by atoms with Gasteiger partial charge in [0, 0.05) is 28.7 Å². The number of nitrogens with zero attached hydrogens (tertiary/aromatic N) is 2. The van der Waals surface area contributed by atoms with Crippen molar-refractivity contribution in [2.45, 2.75) is 20.3 Å². The Kier molecular flexibility index (Phi) is 5.55. The minimum absolute atomic E-state index is 0.0585. The van der Waals surface area contributed by atoms with Crippen molar-refractivity contribution in [3.05, 3.63) is 57.9 Å². The molecule has 154 valence electrons. The summed E-state index contributed by atoms with van der Waals surface area (Å²) in [5.41, 5.74) is 4.62. The number of ketones is 1. The van der Waals surface area contributed by atoms with Crippen LogP contribution in [0.3, 0.4) is 0 Å². The molecule has 7 heteroatoms. The number of aromatic nitrogens is 1. The van der Waals surface area contributed by atoms with Gasteiger partial charge in [0.15, 0.2) is 23.9 Å². The molecule has 3 aromatic rings. The van der Waals surface area contributed by atoms with Gasteiger partial charge in [0.2, 0.25) is 0 Å². The minimum Gasteiger partial charge on any atom is -0.493 e. The summed E-state index contributed by atoms with van der Waals surface area (Å²) >= 11 is 1.63. The smallest absolute Gasteiger partial charge is 0.264 e. The lowest BCUT2D eigenvalue weighted by Gasteiger charge is -2.18. The minimum atomic E-state index is -0.122. The first-order valence-electron chi connectivity index (χ1n) is 9.64. The highest BCUT2D eigenvalue weighted by molar-refractivity contribution is 7.09. The van der Waals surface area contributed by atoms with Crippen LogP contribution in [0.15, 0.2) is 41.8 Å². The van der Waals surface area contributed by atoms with Crippen molar-refractivity contribution in [3.63, 3.8) is 0 Å². The molecule has 0 bridgehead atoms. The molecular weight excluding hydrogens is 400 g/mol. The van der Waals surface area contributed by atoms with Crippen molar-refractivity contribution in [2.24, 2.45) is 0 Å². The number of benzene rings is 2. The number of anilines is 1. The molecule has 0 aliphatic carbocycles. The van der Waals surface area contributed by atoms with E-state index in [2.05, 4.69) is 11.1 Å². The topological polar surface area (TPSA) is 68.7 Å². The van der Waals surface area contributed by atoms with Crippen molar-refractivity contribution in [1.82, 2.24) is 4.98 Å². The predicted octanol–water partition coefficient (Wildman–Crippen LogP) is 4.30. The van der Waals surface area contributed by atoms with E-state index in [9.17, 15) is 9.59 Å². The monoisotopic (exact) mass is 422 g/mol. The van der Waals surface area contributed by atoms with Gasteiger partial charge in [-0.15, -0.1) is 11.3 Å². The molecule has 0 saturated heterocycles. The Morgan fingerprint density at radius 3 is 2.70 bits per heavy atom. The zero-order valence-electron chi connectivity index (χ0n) is 17.1. The lowest BCUT2D eigenvalue weighted by atomic mass is 10.1. The number of aryl methyl sites for hydroxylation is 1. The molecule has 2 aromatic carbocycles. The largest absolute Gasteiger partial charge is 0.493 e. The van der Waals surface area contributed by atoms with E-state index < -0.39 is 0 Å². The quantitative estimate of drug-likeness (QED) is 0.554. The van der Waals surface area contributed by atoms with Crippen molar-refractivity contribution in [3.8, 4) is 22.8 Å². The van der Waals surface area contributed by atoms with Gasteiger partial charge in [-0.05, 0) is 56.2 Å². The average molecular weight is 423 g/mol. The molecule has 6 nitrogen and oxygen atoms in total. The molecule has 2 heterocycles. The predicted molar refractivity (Wildman–Crippen MR) is 117 cm³/mol. The number of thiazole rings is 1. The van der Waals surface area contributed by atoms with Crippen LogP contribution in [0.4, 0.5) is 5.69 Å². The molecule has 0 saturated carbocycles. The Morgan fingerprint density at radius 1 is 1.17 bits per heavy atom. The van der Waals surface area contributed by atoms with Crippen molar-refractivity contribution < 1.29 is 19.1 Å². The highest BCUT2D eigenvalue weighted by Gasteiger charge is 2.25. The number of fused-ring (bicyclic) bond motifs is 1.